The fourth-order valence-corrected chi connectivity index (χ4v) is 4.40. The molecule has 0 saturated carbocycles. The van der Waals surface area contributed by atoms with Gasteiger partial charge in [-0.2, -0.15) is 0 Å². The number of ether oxygens (including phenoxy) is 1. The van der Waals surface area contributed by atoms with E-state index in [1.807, 2.05) is 30.1 Å². The van der Waals surface area contributed by atoms with Crippen molar-refractivity contribution < 1.29 is 24.2 Å². The van der Waals surface area contributed by atoms with Crippen LogP contribution >= 0.6 is 0 Å². The number of aliphatic hydroxyl groups excluding tert-OH is 1. The maximum atomic E-state index is 13.4. The molecule has 0 fully saturated rings. The summed E-state index contributed by atoms with van der Waals surface area (Å²) in [6.07, 6.45) is 13.7. The quantitative estimate of drug-likeness (QED) is 0.314. The number of ketones is 2. The van der Waals surface area contributed by atoms with E-state index in [1.165, 1.54) is 0 Å². The van der Waals surface area contributed by atoms with Crippen molar-refractivity contribution in [3.63, 3.8) is 0 Å². The number of fused-ring (bicyclic) bond motifs is 2. The Bertz CT molecular complexity index is 963. The lowest BCUT2D eigenvalue weighted by molar-refractivity contribution is -0.153. The highest BCUT2D eigenvalue weighted by atomic mass is 16.6. The molecule has 1 aliphatic carbocycles. The summed E-state index contributed by atoms with van der Waals surface area (Å²) >= 11 is 0. The van der Waals surface area contributed by atoms with Crippen LogP contribution in [0.1, 0.15) is 66.2 Å². The fraction of sp³-hybridized carbons (Fsp3) is 0.500. The van der Waals surface area contributed by atoms with Gasteiger partial charge in [0, 0.05) is 36.0 Å². The van der Waals surface area contributed by atoms with Crippen molar-refractivity contribution >= 4 is 17.5 Å². The van der Waals surface area contributed by atoms with Gasteiger partial charge in [-0.3, -0.25) is 9.59 Å². The second kappa shape index (κ2) is 9.82. The molecule has 1 N–H and O–H groups in total. The molecule has 3 aliphatic rings. The highest BCUT2D eigenvalue weighted by Gasteiger charge is 2.54. The second-order valence-electron chi connectivity index (χ2n) is 8.84. The van der Waals surface area contributed by atoms with Gasteiger partial charge in [-0.1, -0.05) is 38.7 Å². The average Bonchev–Trinajstić information content (AvgIpc) is 2.99. The molecule has 6 heteroatoms. The molecule has 6 nitrogen and oxygen atoms in total. The van der Waals surface area contributed by atoms with Gasteiger partial charge in [-0.15, -0.1) is 0 Å². The lowest BCUT2D eigenvalue weighted by Crippen LogP contribution is -2.43. The predicted octanol–water partition coefficient (Wildman–Crippen LogP) is 4.08. The van der Waals surface area contributed by atoms with Gasteiger partial charge in [0.2, 0.25) is 5.78 Å². The van der Waals surface area contributed by atoms with Crippen molar-refractivity contribution in [1.29, 1.82) is 0 Å². The van der Waals surface area contributed by atoms with E-state index in [1.54, 1.807) is 26.1 Å². The molecule has 32 heavy (non-hydrogen) atoms. The van der Waals surface area contributed by atoms with Crippen molar-refractivity contribution in [3.05, 3.63) is 58.5 Å². The van der Waals surface area contributed by atoms with Crippen LogP contribution in [0.3, 0.4) is 0 Å². The maximum Gasteiger partial charge on any atom is 0.343 e. The van der Waals surface area contributed by atoms with E-state index in [0.29, 0.717) is 23.3 Å². The third kappa shape index (κ3) is 4.56. The van der Waals surface area contributed by atoms with E-state index < -0.39 is 17.7 Å². The summed E-state index contributed by atoms with van der Waals surface area (Å²) in [7, 11) is 0. The lowest BCUT2D eigenvalue weighted by atomic mass is 9.76. The van der Waals surface area contributed by atoms with Crippen LogP contribution in [0.4, 0.5) is 0 Å². The molecule has 0 bridgehead atoms. The van der Waals surface area contributed by atoms with Crippen molar-refractivity contribution in [3.8, 4) is 0 Å². The molecule has 3 rings (SSSR count). The van der Waals surface area contributed by atoms with Crippen LogP contribution in [0.25, 0.3) is 0 Å². The highest BCUT2D eigenvalue weighted by molar-refractivity contribution is 6.24. The third-order valence-electron chi connectivity index (χ3n) is 6.08. The number of rotatable bonds is 10. The van der Waals surface area contributed by atoms with Crippen LogP contribution in [0, 0.1) is 0 Å². The van der Waals surface area contributed by atoms with Crippen LogP contribution in [0.2, 0.25) is 0 Å². The first-order chi connectivity index (χ1) is 15.2. The number of carbonyl (C=O) groups excluding carboxylic acids is 3. The van der Waals surface area contributed by atoms with Gasteiger partial charge in [0.15, 0.2) is 11.4 Å². The Kier molecular flexibility index (Phi) is 7.34. The van der Waals surface area contributed by atoms with Crippen LogP contribution in [-0.4, -0.2) is 45.8 Å². The van der Waals surface area contributed by atoms with E-state index in [0.717, 1.165) is 37.8 Å². The van der Waals surface area contributed by atoms with Gasteiger partial charge in [-0.05, 0) is 51.0 Å². The summed E-state index contributed by atoms with van der Waals surface area (Å²) < 4.78 is 5.51. The summed E-state index contributed by atoms with van der Waals surface area (Å²) in [5.74, 6) is -1.33. The molecule has 0 aromatic heterocycles. The molecule has 1 unspecified atom stereocenters. The normalized spacial score (nSPS) is 23.5. The van der Waals surface area contributed by atoms with Crippen molar-refractivity contribution in [2.75, 3.05) is 6.54 Å². The first kappa shape index (κ1) is 23.9. The van der Waals surface area contributed by atoms with E-state index in [-0.39, 0.29) is 23.6 Å². The zero-order valence-corrected chi connectivity index (χ0v) is 19.4. The van der Waals surface area contributed by atoms with Crippen molar-refractivity contribution in [2.24, 2.45) is 0 Å². The van der Waals surface area contributed by atoms with Crippen LogP contribution < -0.4 is 0 Å². The number of nitrogens with zero attached hydrogens (tertiary/aromatic N) is 1. The Morgan fingerprint density at radius 2 is 1.94 bits per heavy atom. The number of esters is 1. The summed E-state index contributed by atoms with van der Waals surface area (Å²) in [4.78, 5) is 40.8. The Morgan fingerprint density at radius 3 is 2.59 bits per heavy atom. The summed E-state index contributed by atoms with van der Waals surface area (Å²) in [5.41, 5.74) is 0.736. The Labute approximate surface area is 190 Å². The Hall–Kier alpha value is -2.73. The number of carbonyl (C=O) groups is 3. The Morgan fingerprint density at radius 1 is 1.22 bits per heavy atom. The molecule has 2 atom stereocenters. The predicted molar refractivity (Wildman–Crippen MR) is 122 cm³/mol. The monoisotopic (exact) mass is 439 g/mol. The fourth-order valence-electron chi connectivity index (χ4n) is 4.40. The minimum absolute atomic E-state index is 0.00952. The zero-order chi connectivity index (χ0) is 23.5. The van der Waals surface area contributed by atoms with Gasteiger partial charge < -0.3 is 14.7 Å². The van der Waals surface area contributed by atoms with E-state index >= 15 is 0 Å². The minimum atomic E-state index is -1.50. The molecular formula is C26H33NO5. The first-order valence-corrected chi connectivity index (χ1v) is 11.5. The second-order valence-corrected chi connectivity index (χ2v) is 8.84. The number of Topliss-reactive ketones (excluding diaryl/α,β-unsaturated/α-hetero) is 2. The largest absolute Gasteiger partial charge is 0.442 e. The average molecular weight is 440 g/mol. The van der Waals surface area contributed by atoms with Crippen LogP contribution in [0.15, 0.2) is 58.5 Å². The van der Waals surface area contributed by atoms with E-state index in [4.69, 9.17) is 4.74 Å². The summed E-state index contributed by atoms with van der Waals surface area (Å²) in [5, 5.41) is 9.87. The van der Waals surface area contributed by atoms with Crippen molar-refractivity contribution in [2.45, 2.75) is 77.9 Å². The van der Waals surface area contributed by atoms with E-state index in [9.17, 15) is 19.5 Å². The van der Waals surface area contributed by atoms with Gasteiger partial charge >= 0.3 is 5.97 Å². The molecule has 0 saturated heterocycles. The van der Waals surface area contributed by atoms with Gasteiger partial charge in [0.05, 0.1) is 6.10 Å². The molecule has 2 aliphatic heterocycles. The van der Waals surface area contributed by atoms with E-state index in [2.05, 4.69) is 6.92 Å². The molecule has 0 spiro atoms. The maximum absolute atomic E-state index is 13.4. The van der Waals surface area contributed by atoms with Gasteiger partial charge in [0.1, 0.15) is 5.57 Å². The number of hydrogen-bond acceptors (Lipinski definition) is 6. The topological polar surface area (TPSA) is 83.9 Å². The molecule has 0 radical (unpaired) electrons. The molecule has 0 aromatic rings. The van der Waals surface area contributed by atoms with Crippen LogP contribution in [0.5, 0.6) is 0 Å². The molecule has 0 aromatic carbocycles. The lowest BCUT2D eigenvalue weighted by Gasteiger charge is -2.35. The number of β-amino-alcohol motifs (C(OH)–C–C–N with tert-alkyl or cyclic N) is 1. The third-order valence-corrected chi connectivity index (χ3v) is 6.08. The summed E-state index contributed by atoms with van der Waals surface area (Å²) in [6.45, 7) is 7.58. The smallest absolute Gasteiger partial charge is 0.343 e. The number of hydrogen-bond donors (Lipinski definition) is 1. The molecule has 0 amide bonds. The zero-order valence-electron chi connectivity index (χ0n) is 19.4. The summed E-state index contributed by atoms with van der Waals surface area (Å²) in [6, 6.07) is 0. The minimum Gasteiger partial charge on any atom is -0.442 e. The molecule has 172 valence electrons. The van der Waals surface area contributed by atoms with Gasteiger partial charge in [0.25, 0.3) is 0 Å². The van der Waals surface area contributed by atoms with Crippen LogP contribution in [-0.2, 0) is 19.1 Å². The SMILES string of the molecule is C/C=C/C1=CC2=CC3=C(C(=O)CCCCCCC)C(=O)OC3(C)C(=O)C2=CN1C[C@H](C)O. The number of aliphatic hydroxyl groups is 1. The Balaban J connectivity index is 1.98. The first-order valence-electron chi connectivity index (χ1n) is 11.5. The number of unbranched alkanes of at least 4 members (excludes halogenated alkanes) is 4. The van der Waals surface area contributed by atoms with Crippen molar-refractivity contribution in [1.82, 2.24) is 4.90 Å². The molecule has 2 heterocycles. The highest BCUT2D eigenvalue weighted by Crippen LogP contribution is 2.44. The standard InChI is InChI=1S/C26H33NO5/c1-5-7-8-9-10-12-22(29)23-21-14-18-13-19(11-6-2)27(15-17(3)28)16-20(18)24(30)26(21,4)32-25(23)31/h6,11,13-14,16-17,28H,5,7-10,12,15H2,1-4H3/b11-6+/t17-,26?/m0/s1. The molecular weight excluding hydrogens is 406 g/mol. The number of allylic oxidation sites excluding steroid dienone is 4. The van der Waals surface area contributed by atoms with Gasteiger partial charge in [-0.25, -0.2) is 4.79 Å².